The van der Waals surface area contributed by atoms with Gasteiger partial charge in [0.1, 0.15) is 5.78 Å². The van der Waals surface area contributed by atoms with Crippen LogP contribution in [-0.4, -0.2) is 18.4 Å². The predicted octanol–water partition coefficient (Wildman–Crippen LogP) is 0.919. The van der Waals surface area contributed by atoms with E-state index in [0.29, 0.717) is 37.6 Å². The van der Waals surface area contributed by atoms with Gasteiger partial charge in [-0.25, -0.2) is 0 Å². The van der Waals surface area contributed by atoms with Crippen LogP contribution in [-0.2, 0) is 14.3 Å². The first kappa shape index (κ1) is 7.77. The van der Waals surface area contributed by atoms with Crippen molar-refractivity contribution in [3.8, 4) is 0 Å². The maximum absolute atomic E-state index is 11.1. The molecule has 0 aromatic rings. The van der Waals surface area contributed by atoms with Crippen molar-refractivity contribution in [2.45, 2.75) is 25.7 Å². The highest BCUT2D eigenvalue weighted by molar-refractivity contribution is 5.81. The van der Waals surface area contributed by atoms with Gasteiger partial charge in [-0.3, -0.25) is 9.59 Å². The number of rotatable bonds is 0. The van der Waals surface area contributed by atoms with E-state index < -0.39 is 0 Å². The van der Waals surface area contributed by atoms with Gasteiger partial charge >= 0.3 is 5.97 Å². The van der Waals surface area contributed by atoms with Gasteiger partial charge in [0.05, 0.1) is 6.61 Å². The van der Waals surface area contributed by atoms with E-state index in [4.69, 9.17) is 4.74 Å². The molecule has 2 fully saturated rings. The van der Waals surface area contributed by atoms with Crippen molar-refractivity contribution in [2.24, 2.45) is 11.8 Å². The molecule has 1 aliphatic heterocycles. The zero-order valence-corrected chi connectivity index (χ0v) is 6.91. The van der Waals surface area contributed by atoms with Crippen molar-refractivity contribution < 1.29 is 14.3 Å². The molecule has 2 unspecified atom stereocenters. The number of ether oxygens (including phenoxy) is 1. The Hall–Kier alpha value is -0.860. The van der Waals surface area contributed by atoms with Crippen LogP contribution in [0.1, 0.15) is 25.7 Å². The summed E-state index contributed by atoms with van der Waals surface area (Å²) in [4.78, 5) is 22.0. The largest absolute Gasteiger partial charge is 0.465 e. The van der Waals surface area contributed by atoms with E-state index in [0.717, 1.165) is 6.42 Å². The third-order valence-electron chi connectivity index (χ3n) is 2.84. The summed E-state index contributed by atoms with van der Waals surface area (Å²) in [6, 6.07) is 0. The molecule has 0 spiro atoms. The number of carbonyl (C=O) groups excluding carboxylic acids is 2. The highest BCUT2D eigenvalue weighted by Gasteiger charge is 2.35. The van der Waals surface area contributed by atoms with Crippen LogP contribution < -0.4 is 0 Å². The summed E-state index contributed by atoms with van der Waals surface area (Å²) in [6.45, 7) is 0.538. The van der Waals surface area contributed by atoms with E-state index in [2.05, 4.69) is 0 Å². The number of ketones is 1. The number of fused-ring (bicyclic) bond motifs is 1. The van der Waals surface area contributed by atoms with Gasteiger partial charge < -0.3 is 4.74 Å². The summed E-state index contributed by atoms with van der Waals surface area (Å²) in [5.41, 5.74) is 0. The standard InChI is InChI=1S/C9H12O3/c10-8-2-1-6-5-12-9(11)4-7(6)3-8/h6-7H,1-5H2. The summed E-state index contributed by atoms with van der Waals surface area (Å²) in [6.07, 6.45) is 2.64. The maximum Gasteiger partial charge on any atom is 0.306 e. The Kier molecular flexibility index (Phi) is 1.87. The molecule has 1 heterocycles. The molecule has 3 heteroatoms. The SMILES string of the molecule is O=C1CCC2COC(=O)CC2C1. The van der Waals surface area contributed by atoms with E-state index in [1.807, 2.05) is 0 Å². The molecule has 0 aromatic heterocycles. The van der Waals surface area contributed by atoms with Gasteiger partial charge in [0.25, 0.3) is 0 Å². The van der Waals surface area contributed by atoms with Gasteiger partial charge in [0.15, 0.2) is 0 Å². The molecule has 1 saturated carbocycles. The third-order valence-corrected chi connectivity index (χ3v) is 2.84. The second kappa shape index (κ2) is 2.88. The molecule has 2 rings (SSSR count). The first-order valence-corrected chi connectivity index (χ1v) is 4.43. The summed E-state index contributed by atoms with van der Waals surface area (Å²) in [5, 5.41) is 0. The lowest BCUT2D eigenvalue weighted by Crippen LogP contribution is -2.35. The van der Waals surface area contributed by atoms with Crippen molar-refractivity contribution in [3.63, 3.8) is 0 Å². The minimum Gasteiger partial charge on any atom is -0.465 e. The van der Waals surface area contributed by atoms with Gasteiger partial charge in [-0.15, -0.1) is 0 Å². The normalized spacial score (nSPS) is 35.7. The van der Waals surface area contributed by atoms with E-state index in [1.165, 1.54) is 0 Å². The number of Topliss-reactive ketones (excluding diaryl/α,β-unsaturated/α-hetero) is 1. The van der Waals surface area contributed by atoms with Crippen LogP contribution in [0, 0.1) is 11.8 Å². The van der Waals surface area contributed by atoms with E-state index in [9.17, 15) is 9.59 Å². The number of esters is 1. The Morgan fingerprint density at radius 3 is 2.83 bits per heavy atom. The lowest BCUT2D eigenvalue weighted by molar-refractivity contribution is -0.155. The van der Waals surface area contributed by atoms with Crippen LogP contribution in [0.3, 0.4) is 0 Å². The molecule has 1 saturated heterocycles. The van der Waals surface area contributed by atoms with Crippen molar-refractivity contribution in [3.05, 3.63) is 0 Å². The molecular weight excluding hydrogens is 156 g/mol. The molecule has 0 bridgehead atoms. The molecule has 0 aromatic carbocycles. The predicted molar refractivity (Wildman–Crippen MR) is 41.4 cm³/mol. The number of cyclic esters (lactones) is 1. The molecule has 12 heavy (non-hydrogen) atoms. The monoisotopic (exact) mass is 168 g/mol. The molecule has 0 amide bonds. The molecule has 66 valence electrons. The molecule has 1 aliphatic carbocycles. The first-order chi connectivity index (χ1) is 5.75. The molecule has 2 aliphatic rings. The van der Waals surface area contributed by atoms with Gasteiger partial charge in [0.2, 0.25) is 0 Å². The second-order valence-electron chi connectivity index (χ2n) is 3.69. The van der Waals surface area contributed by atoms with Crippen molar-refractivity contribution in [1.82, 2.24) is 0 Å². The van der Waals surface area contributed by atoms with Gasteiger partial charge in [-0.2, -0.15) is 0 Å². The van der Waals surface area contributed by atoms with Gasteiger partial charge in [-0.05, 0) is 18.3 Å². The lowest BCUT2D eigenvalue weighted by Gasteiger charge is -2.33. The minimum atomic E-state index is -0.133. The highest BCUT2D eigenvalue weighted by Crippen LogP contribution is 2.33. The average Bonchev–Trinajstić information content (AvgIpc) is 2.03. The first-order valence-electron chi connectivity index (χ1n) is 4.43. The molecule has 0 N–H and O–H groups in total. The Bertz CT molecular complexity index is 200. The van der Waals surface area contributed by atoms with Crippen LogP contribution >= 0.6 is 0 Å². The molecule has 0 radical (unpaired) electrons. The van der Waals surface area contributed by atoms with Crippen molar-refractivity contribution in [2.75, 3.05) is 6.61 Å². The number of hydrogen-bond donors (Lipinski definition) is 0. The topological polar surface area (TPSA) is 43.4 Å². The van der Waals surface area contributed by atoms with Crippen LogP contribution in [0.5, 0.6) is 0 Å². The summed E-state index contributed by atoms with van der Waals surface area (Å²) < 4.78 is 4.93. The number of carbonyl (C=O) groups is 2. The Labute approximate surface area is 71.1 Å². The second-order valence-corrected chi connectivity index (χ2v) is 3.69. The van der Waals surface area contributed by atoms with E-state index in [-0.39, 0.29) is 11.9 Å². The third kappa shape index (κ3) is 1.36. The Morgan fingerprint density at radius 2 is 2.00 bits per heavy atom. The highest BCUT2D eigenvalue weighted by atomic mass is 16.5. The molecular formula is C9H12O3. The zero-order chi connectivity index (χ0) is 8.55. The van der Waals surface area contributed by atoms with Crippen molar-refractivity contribution >= 4 is 11.8 Å². The zero-order valence-electron chi connectivity index (χ0n) is 6.91. The molecule has 2 atom stereocenters. The summed E-state index contributed by atoms with van der Waals surface area (Å²) in [7, 11) is 0. The quantitative estimate of drug-likeness (QED) is 0.505. The fraction of sp³-hybridized carbons (Fsp3) is 0.778. The van der Waals surface area contributed by atoms with E-state index >= 15 is 0 Å². The minimum absolute atomic E-state index is 0.133. The van der Waals surface area contributed by atoms with Gasteiger partial charge in [-0.1, -0.05) is 0 Å². The van der Waals surface area contributed by atoms with Crippen molar-refractivity contribution in [1.29, 1.82) is 0 Å². The average molecular weight is 168 g/mol. The Morgan fingerprint density at radius 1 is 1.17 bits per heavy atom. The van der Waals surface area contributed by atoms with Gasteiger partial charge in [0, 0.05) is 19.3 Å². The summed E-state index contributed by atoms with van der Waals surface area (Å²) in [5.74, 6) is 0.921. The van der Waals surface area contributed by atoms with Crippen LogP contribution in [0.15, 0.2) is 0 Å². The Balaban J connectivity index is 2.03. The molecule has 3 nitrogen and oxygen atoms in total. The van der Waals surface area contributed by atoms with Crippen LogP contribution in [0.25, 0.3) is 0 Å². The fourth-order valence-corrected chi connectivity index (χ4v) is 2.07. The summed E-state index contributed by atoms with van der Waals surface area (Å²) >= 11 is 0. The van der Waals surface area contributed by atoms with Crippen LogP contribution in [0.2, 0.25) is 0 Å². The van der Waals surface area contributed by atoms with Crippen LogP contribution in [0.4, 0.5) is 0 Å². The maximum atomic E-state index is 11.1. The fourth-order valence-electron chi connectivity index (χ4n) is 2.07. The van der Waals surface area contributed by atoms with E-state index in [1.54, 1.807) is 0 Å². The number of hydrogen-bond acceptors (Lipinski definition) is 3. The lowest BCUT2D eigenvalue weighted by atomic mass is 9.76. The smallest absolute Gasteiger partial charge is 0.306 e.